The molecule has 1 N–H and O–H groups in total. The minimum atomic E-state index is -0.789. The minimum Gasteiger partial charge on any atom is -0.384 e. The summed E-state index contributed by atoms with van der Waals surface area (Å²) in [6, 6.07) is 6.11. The quantitative estimate of drug-likeness (QED) is 0.793. The molecule has 1 saturated heterocycles. The van der Waals surface area contributed by atoms with E-state index in [2.05, 4.69) is 4.90 Å². The first kappa shape index (κ1) is 13.1. The molecule has 1 aliphatic heterocycles. The Labute approximate surface area is 96.7 Å². The third kappa shape index (κ3) is 2.80. The normalized spacial score (nSPS) is 25.1. The Morgan fingerprint density at radius 2 is 1.81 bits per heavy atom. The van der Waals surface area contributed by atoms with Gasteiger partial charge in [0.2, 0.25) is 0 Å². The van der Waals surface area contributed by atoms with Crippen LogP contribution in [0.5, 0.6) is 0 Å². The molecule has 16 heavy (non-hydrogen) atoms. The summed E-state index contributed by atoms with van der Waals surface area (Å²) < 4.78 is 12.7. The number of hydrogen-bond donors (Lipinski definition) is 1. The second-order valence-corrected chi connectivity index (χ2v) is 4.03. The van der Waals surface area contributed by atoms with Gasteiger partial charge in [-0.05, 0) is 31.2 Å². The summed E-state index contributed by atoms with van der Waals surface area (Å²) in [5.41, 5.74) is 0.0193. The first-order valence-corrected chi connectivity index (χ1v) is 5.77. The van der Waals surface area contributed by atoms with Crippen LogP contribution in [0, 0.1) is 5.82 Å². The number of likely N-dealkylation sites (tertiary alicyclic amines) is 1. The number of β-amino-alcohol motifs (C(OH)–C–C–N with tert-alkyl or cyclic N) is 1. The summed E-state index contributed by atoms with van der Waals surface area (Å²) in [4.78, 5) is 2.07. The maximum Gasteiger partial charge on any atom is 0.123 e. The molecular formula is C13H20FNO. The number of benzene rings is 1. The second kappa shape index (κ2) is 5.41. The van der Waals surface area contributed by atoms with E-state index in [1.54, 1.807) is 12.1 Å². The van der Waals surface area contributed by atoms with Crippen molar-refractivity contribution in [1.29, 1.82) is 0 Å². The van der Waals surface area contributed by atoms with Gasteiger partial charge in [-0.1, -0.05) is 26.0 Å². The predicted octanol–water partition coefficient (Wildman–Crippen LogP) is 2.38. The second-order valence-electron chi connectivity index (χ2n) is 4.03. The molecule has 1 heterocycles. The summed E-state index contributed by atoms with van der Waals surface area (Å²) >= 11 is 0. The van der Waals surface area contributed by atoms with Gasteiger partial charge in [0.1, 0.15) is 11.4 Å². The number of halogens is 1. The fraction of sp³-hybridized carbons (Fsp3) is 0.538. The van der Waals surface area contributed by atoms with Crippen molar-refractivity contribution >= 4 is 0 Å². The van der Waals surface area contributed by atoms with E-state index in [9.17, 15) is 9.50 Å². The standard InChI is InChI=1S/C11H14FNO.C2H6/c1-13-7-6-11(14,8-13)9-2-4-10(12)5-3-9;1-2/h2-5,14H,6-8H2,1H3;1-2H3. The highest BCUT2D eigenvalue weighted by molar-refractivity contribution is 5.24. The molecule has 1 aromatic rings. The van der Waals surface area contributed by atoms with Gasteiger partial charge in [0, 0.05) is 13.1 Å². The Kier molecular flexibility index (Phi) is 4.44. The molecule has 0 amide bonds. The molecule has 0 radical (unpaired) electrons. The van der Waals surface area contributed by atoms with Crippen LogP contribution < -0.4 is 0 Å². The highest BCUT2D eigenvalue weighted by Crippen LogP contribution is 2.30. The van der Waals surface area contributed by atoms with Crippen molar-refractivity contribution in [2.45, 2.75) is 25.9 Å². The maximum absolute atomic E-state index is 12.7. The van der Waals surface area contributed by atoms with E-state index in [0.29, 0.717) is 6.54 Å². The van der Waals surface area contributed by atoms with E-state index in [-0.39, 0.29) is 5.82 Å². The molecule has 2 rings (SSSR count). The molecule has 2 nitrogen and oxygen atoms in total. The highest BCUT2D eigenvalue weighted by Gasteiger charge is 2.35. The van der Waals surface area contributed by atoms with Crippen LogP contribution in [0.1, 0.15) is 25.8 Å². The SMILES string of the molecule is CC.CN1CCC(O)(c2ccc(F)cc2)C1. The zero-order valence-electron chi connectivity index (χ0n) is 10.2. The van der Waals surface area contributed by atoms with Gasteiger partial charge in [0.25, 0.3) is 0 Å². The molecule has 0 aliphatic carbocycles. The molecule has 0 saturated carbocycles. The Morgan fingerprint density at radius 1 is 1.25 bits per heavy atom. The Balaban J connectivity index is 0.000000606. The Bertz CT molecular complexity index is 325. The van der Waals surface area contributed by atoms with Gasteiger partial charge in [-0.25, -0.2) is 4.39 Å². The van der Waals surface area contributed by atoms with Gasteiger partial charge in [-0.15, -0.1) is 0 Å². The molecule has 0 aromatic heterocycles. The summed E-state index contributed by atoms with van der Waals surface area (Å²) in [6.45, 7) is 5.51. The molecular weight excluding hydrogens is 205 g/mol. The largest absolute Gasteiger partial charge is 0.384 e. The summed E-state index contributed by atoms with van der Waals surface area (Å²) in [7, 11) is 1.97. The Hall–Kier alpha value is -0.930. The lowest BCUT2D eigenvalue weighted by molar-refractivity contribution is 0.0488. The number of nitrogens with zero attached hydrogens (tertiary/aromatic N) is 1. The summed E-state index contributed by atoms with van der Waals surface area (Å²) in [5.74, 6) is -0.260. The molecule has 0 bridgehead atoms. The first-order chi connectivity index (χ1) is 7.60. The summed E-state index contributed by atoms with van der Waals surface area (Å²) in [5, 5.41) is 10.3. The zero-order valence-corrected chi connectivity index (χ0v) is 10.2. The smallest absolute Gasteiger partial charge is 0.123 e. The number of likely N-dealkylation sites (N-methyl/N-ethyl adjacent to an activating group) is 1. The van der Waals surface area contributed by atoms with Crippen LogP contribution in [0.25, 0.3) is 0 Å². The van der Waals surface area contributed by atoms with Crippen molar-refractivity contribution in [3.05, 3.63) is 35.6 Å². The summed E-state index contributed by atoms with van der Waals surface area (Å²) in [6.07, 6.45) is 0.717. The molecule has 1 fully saturated rings. The van der Waals surface area contributed by atoms with E-state index >= 15 is 0 Å². The number of rotatable bonds is 1. The van der Waals surface area contributed by atoms with Crippen molar-refractivity contribution in [3.8, 4) is 0 Å². The van der Waals surface area contributed by atoms with Crippen LogP contribution in [0.2, 0.25) is 0 Å². The van der Waals surface area contributed by atoms with E-state index in [1.165, 1.54) is 12.1 Å². The van der Waals surface area contributed by atoms with Gasteiger partial charge >= 0.3 is 0 Å². The fourth-order valence-corrected chi connectivity index (χ4v) is 1.98. The van der Waals surface area contributed by atoms with Crippen molar-refractivity contribution in [2.75, 3.05) is 20.1 Å². The molecule has 1 aromatic carbocycles. The van der Waals surface area contributed by atoms with Crippen molar-refractivity contribution in [1.82, 2.24) is 4.90 Å². The van der Waals surface area contributed by atoms with Crippen molar-refractivity contribution < 1.29 is 9.50 Å². The topological polar surface area (TPSA) is 23.5 Å². The average molecular weight is 225 g/mol. The van der Waals surface area contributed by atoms with Gasteiger partial charge < -0.3 is 10.0 Å². The minimum absolute atomic E-state index is 0.260. The van der Waals surface area contributed by atoms with Crippen LogP contribution in [0.15, 0.2) is 24.3 Å². The van der Waals surface area contributed by atoms with Crippen LogP contribution in [-0.4, -0.2) is 30.1 Å². The third-order valence-electron chi connectivity index (χ3n) is 2.82. The van der Waals surface area contributed by atoms with Crippen LogP contribution in [0.3, 0.4) is 0 Å². The van der Waals surface area contributed by atoms with Gasteiger partial charge in [0.05, 0.1) is 0 Å². The average Bonchev–Trinajstić information content (AvgIpc) is 2.64. The maximum atomic E-state index is 12.7. The van der Waals surface area contributed by atoms with E-state index in [1.807, 2.05) is 20.9 Å². The predicted molar refractivity (Wildman–Crippen MR) is 63.8 cm³/mol. The lowest BCUT2D eigenvalue weighted by Gasteiger charge is -2.22. The molecule has 90 valence electrons. The van der Waals surface area contributed by atoms with E-state index < -0.39 is 5.60 Å². The zero-order chi connectivity index (χ0) is 12.2. The third-order valence-corrected chi connectivity index (χ3v) is 2.82. The molecule has 1 atom stereocenters. The highest BCUT2D eigenvalue weighted by atomic mass is 19.1. The molecule has 3 heteroatoms. The molecule has 0 spiro atoms. The van der Waals surface area contributed by atoms with Crippen LogP contribution in [0.4, 0.5) is 4.39 Å². The van der Waals surface area contributed by atoms with Crippen LogP contribution >= 0.6 is 0 Å². The van der Waals surface area contributed by atoms with Crippen molar-refractivity contribution in [2.24, 2.45) is 0 Å². The number of hydrogen-bond acceptors (Lipinski definition) is 2. The lowest BCUT2D eigenvalue weighted by Crippen LogP contribution is -2.29. The monoisotopic (exact) mass is 225 g/mol. The van der Waals surface area contributed by atoms with Gasteiger partial charge in [0.15, 0.2) is 0 Å². The molecule has 1 aliphatic rings. The van der Waals surface area contributed by atoms with Gasteiger partial charge in [-0.3, -0.25) is 0 Å². The molecule has 1 unspecified atom stereocenters. The van der Waals surface area contributed by atoms with E-state index in [4.69, 9.17) is 0 Å². The first-order valence-electron chi connectivity index (χ1n) is 5.77. The number of aliphatic hydroxyl groups is 1. The fourth-order valence-electron chi connectivity index (χ4n) is 1.98. The Morgan fingerprint density at radius 3 is 2.25 bits per heavy atom. The van der Waals surface area contributed by atoms with E-state index in [0.717, 1.165) is 18.5 Å². The van der Waals surface area contributed by atoms with Gasteiger partial charge in [-0.2, -0.15) is 0 Å². The lowest BCUT2D eigenvalue weighted by atomic mass is 9.93. The van der Waals surface area contributed by atoms with Crippen LogP contribution in [-0.2, 0) is 5.60 Å². The van der Waals surface area contributed by atoms with Crippen molar-refractivity contribution in [3.63, 3.8) is 0 Å².